The van der Waals surface area contributed by atoms with Gasteiger partial charge in [-0.25, -0.2) is 4.98 Å². The van der Waals surface area contributed by atoms with E-state index in [2.05, 4.69) is 26.2 Å². The summed E-state index contributed by atoms with van der Waals surface area (Å²) in [5.41, 5.74) is 2.31. The summed E-state index contributed by atoms with van der Waals surface area (Å²) < 4.78 is 1.01. The van der Waals surface area contributed by atoms with E-state index in [1.807, 2.05) is 18.3 Å². The van der Waals surface area contributed by atoms with E-state index in [0.717, 1.165) is 27.8 Å². The second kappa shape index (κ2) is 5.20. The normalized spacial score (nSPS) is 18.4. The molecule has 2 aromatic heterocycles. The van der Waals surface area contributed by atoms with Crippen LogP contribution < -0.4 is 5.32 Å². The van der Waals surface area contributed by atoms with Gasteiger partial charge in [-0.2, -0.15) is 0 Å². The zero-order chi connectivity index (χ0) is 13.5. The summed E-state index contributed by atoms with van der Waals surface area (Å²) in [6, 6.07) is 4.82. The highest BCUT2D eigenvalue weighted by molar-refractivity contribution is 9.10. The summed E-state index contributed by atoms with van der Waals surface area (Å²) in [6.07, 6.45) is 7.10. The molecule has 2 heterocycles. The monoisotopic (exact) mass is 349 g/mol. The van der Waals surface area contributed by atoms with Gasteiger partial charge in [0, 0.05) is 34.1 Å². The molecule has 0 radical (unpaired) electrons. The molecule has 0 amide bonds. The predicted molar refractivity (Wildman–Crippen MR) is 84.9 cm³/mol. The summed E-state index contributed by atoms with van der Waals surface area (Å²) in [4.78, 5) is 10.8. The Bertz CT molecular complexity index is 615. The molecule has 0 unspecified atom stereocenters. The van der Waals surface area contributed by atoms with Gasteiger partial charge in [0.25, 0.3) is 0 Å². The van der Waals surface area contributed by atoms with E-state index in [9.17, 15) is 0 Å². The van der Waals surface area contributed by atoms with Crippen molar-refractivity contribution >= 4 is 27.3 Å². The number of hydrogen-bond acceptors (Lipinski definition) is 4. The van der Waals surface area contributed by atoms with E-state index in [1.54, 1.807) is 11.3 Å². The first-order chi connectivity index (χ1) is 9.79. The summed E-state index contributed by atoms with van der Waals surface area (Å²) in [6.45, 7) is 0.977. The summed E-state index contributed by atoms with van der Waals surface area (Å²) in [7, 11) is 0. The average Bonchev–Trinajstić information content (AvgIpc) is 3.37. The van der Waals surface area contributed by atoms with Crippen molar-refractivity contribution in [2.45, 2.75) is 44.2 Å². The maximum Gasteiger partial charge on any atom is 0.142 e. The maximum absolute atomic E-state index is 4.87. The van der Waals surface area contributed by atoms with Gasteiger partial charge < -0.3 is 5.32 Å². The minimum Gasteiger partial charge on any atom is -0.309 e. The number of hydrogen-bond donors (Lipinski definition) is 1. The lowest BCUT2D eigenvalue weighted by Crippen LogP contribution is -2.15. The van der Waals surface area contributed by atoms with Gasteiger partial charge in [-0.15, -0.1) is 11.3 Å². The van der Waals surface area contributed by atoms with E-state index in [4.69, 9.17) is 4.98 Å². The molecule has 2 aromatic rings. The van der Waals surface area contributed by atoms with Crippen LogP contribution >= 0.6 is 27.3 Å². The molecular formula is C15H16BrN3S. The fraction of sp³-hybridized carbons (Fsp3) is 0.467. The number of halogens is 1. The van der Waals surface area contributed by atoms with Crippen LogP contribution in [-0.2, 0) is 6.54 Å². The number of rotatable bonds is 5. The summed E-state index contributed by atoms with van der Waals surface area (Å²) in [5, 5.41) is 4.67. The largest absolute Gasteiger partial charge is 0.309 e. The fourth-order valence-electron chi connectivity index (χ4n) is 2.30. The molecule has 4 rings (SSSR count). The summed E-state index contributed by atoms with van der Waals surface area (Å²) in [5.74, 6) is 0.700. The molecule has 20 heavy (non-hydrogen) atoms. The maximum atomic E-state index is 4.87. The van der Waals surface area contributed by atoms with Gasteiger partial charge in [0.2, 0.25) is 0 Å². The molecule has 2 fully saturated rings. The smallest absolute Gasteiger partial charge is 0.142 e. The molecular weight excluding hydrogens is 334 g/mol. The van der Waals surface area contributed by atoms with Crippen LogP contribution in [0.25, 0.3) is 10.7 Å². The molecule has 1 N–H and O–H groups in total. The molecule has 2 saturated carbocycles. The van der Waals surface area contributed by atoms with Gasteiger partial charge in [-0.1, -0.05) is 0 Å². The Morgan fingerprint density at radius 2 is 2.10 bits per heavy atom. The van der Waals surface area contributed by atoms with Crippen LogP contribution in [0.5, 0.6) is 0 Å². The van der Waals surface area contributed by atoms with Crippen molar-refractivity contribution in [3.8, 4) is 10.7 Å². The molecule has 0 aromatic carbocycles. The Labute approximate surface area is 131 Å². The van der Waals surface area contributed by atoms with Gasteiger partial charge in [-0.3, -0.25) is 4.98 Å². The Morgan fingerprint density at radius 3 is 2.75 bits per heavy atom. The van der Waals surface area contributed by atoms with E-state index < -0.39 is 0 Å². The number of aromatic nitrogens is 2. The Balaban J connectivity index is 1.62. The first-order valence-corrected chi connectivity index (χ1v) is 8.75. The average molecular weight is 350 g/mol. The van der Waals surface area contributed by atoms with Crippen molar-refractivity contribution in [1.29, 1.82) is 0 Å². The van der Waals surface area contributed by atoms with Gasteiger partial charge in [0.15, 0.2) is 0 Å². The van der Waals surface area contributed by atoms with Crippen LogP contribution in [0.2, 0.25) is 0 Å². The van der Waals surface area contributed by atoms with Crippen molar-refractivity contribution in [2.75, 3.05) is 0 Å². The highest BCUT2D eigenvalue weighted by atomic mass is 79.9. The Morgan fingerprint density at radius 1 is 1.25 bits per heavy atom. The topological polar surface area (TPSA) is 37.8 Å². The summed E-state index contributed by atoms with van der Waals surface area (Å²) >= 11 is 5.23. The molecule has 2 aliphatic rings. The van der Waals surface area contributed by atoms with Gasteiger partial charge in [0.1, 0.15) is 5.01 Å². The van der Waals surface area contributed by atoms with E-state index in [-0.39, 0.29) is 0 Å². The lowest BCUT2D eigenvalue weighted by molar-refractivity contribution is 0.688. The third-order valence-electron chi connectivity index (χ3n) is 3.77. The zero-order valence-electron chi connectivity index (χ0n) is 11.1. The molecule has 104 valence electrons. The molecule has 2 aliphatic carbocycles. The zero-order valence-corrected chi connectivity index (χ0v) is 13.5. The van der Waals surface area contributed by atoms with Crippen molar-refractivity contribution in [3.63, 3.8) is 0 Å². The van der Waals surface area contributed by atoms with Gasteiger partial charge in [-0.05, 0) is 53.7 Å². The predicted octanol–water partition coefficient (Wildman–Crippen LogP) is 4.10. The molecule has 0 saturated heterocycles. The number of pyridine rings is 1. The highest BCUT2D eigenvalue weighted by Crippen LogP contribution is 2.44. The van der Waals surface area contributed by atoms with Crippen molar-refractivity contribution in [2.24, 2.45) is 0 Å². The van der Waals surface area contributed by atoms with Gasteiger partial charge >= 0.3 is 0 Å². The first kappa shape index (κ1) is 12.9. The first-order valence-electron chi connectivity index (χ1n) is 7.14. The Kier molecular flexibility index (Phi) is 3.36. The number of nitrogens with zero attached hydrogens (tertiary/aromatic N) is 2. The van der Waals surface area contributed by atoms with Crippen LogP contribution in [0.4, 0.5) is 0 Å². The fourth-order valence-corrected chi connectivity index (χ4v) is 3.61. The van der Waals surface area contributed by atoms with Crippen molar-refractivity contribution < 1.29 is 0 Å². The molecule has 0 atom stereocenters. The van der Waals surface area contributed by atoms with E-state index >= 15 is 0 Å². The Hall–Kier alpha value is -0.780. The van der Waals surface area contributed by atoms with Gasteiger partial charge in [0.05, 0.1) is 11.4 Å². The third kappa shape index (κ3) is 2.80. The molecule has 0 spiro atoms. The lowest BCUT2D eigenvalue weighted by Gasteiger charge is -2.01. The minimum atomic E-state index is 0.700. The van der Waals surface area contributed by atoms with Crippen molar-refractivity contribution in [1.82, 2.24) is 15.3 Å². The van der Waals surface area contributed by atoms with Crippen LogP contribution in [-0.4, -0.2) is 16.0 Å². The van der Waals surface area contributed by atoms with Crippen LogP contribution in [0.3, 0.4) is 0 Å². The van der Waals surface area contributed by atoms with Crippen LogP contribution in [0, 0.1) is 0 Å². The number of thiazole rings is 1. The number of nitrogens with one attached hydrogen (secondary N) is 1. The molecule has 0 bridgehead atoms. The highest BCUT2D eigenvalue weighted by Gasteiger charge is 2.30. The van der Waals surface area contributed by atoms with Crippen LogP contribution in [0.1, 0.15) is 42.2 Å². The second-order valence-electron chi connectivity index (χ2n) is 5.62. The third-order valence-corrected chi connectivity index (χ3v) is 5.33. The SMILES string of the molecule is Brc1ccc(-c2nc(C3CC3)c(CNC3CC3)s2)nc1. The standard InChI is InChI=1S/C15H16BrN3S/c16-10-3-6-12(18-7-10)15-19-14(9-1-2-9)13(20-15)8-17-11-4-5-11/h3,6-7,9,11,17H,1-2,4-5,8H2. The second-order valence-corrected chi connectivity index (χ2v) is 7.62. The lowest BCUT2D eigenvalue weighted by atomic mass is 10.2. The molecule has 0 aliphatic heterocycles. The van der Waals surface area contributed by atoms with Crippen LogP contribution in [0.15, 0.2) is 22.8 Å². The minimum absolute atomic E-state index is 0.700. The molecule has 5 heteroatoms. The van der Waals surface area contributed by atoms with E-state index in [1.165, 1.54) is 36.3 Å². The molecule has 3 nitrogen and oxygen atoms in total. The van der Waals surface area contributed by atoms with Crippen molar-refractivity contribution in [3.05, 3.63) is 33.4 Å². The quantitative estimate of drug-likeness (QED) is 0.882. The van der Waals surface area contributed by atoms with E-state index in [0.29, 0.717) is 5.92 Å².